The number of unbranched alkanes of at least 4 members (excludes halogenated alkanes) is 1. The minimum absolute atomic E-state index is 0.0476. The Labute approximate surface area is 234 Å². The number of esters is 3. The summed E-state index contributed by atoms with van der Waals surface area (Å²) < 4.78 is 16.1. The third-order valence-corrected chi connectivity index (χ3v) is 5.79. The topological polar surface area (TPSA) is 99.1 Å². The number of rotatable bonds is 12. The maximum absolute atomic E-state index is 12.7. The molecule has 3 aromatic carbocycles. The van der Waals surface area contributed by atoms with Gasteiger partial charge in [-0.15, -0.1) is 0 Å². The molecule has 0 aliphatic rings. The molecule has 0 unspecified atom stereocenters. The van der Waals surface area contributed by atoms with Gasteiger partial charge in [-0.2, -0.15) is 0 Å². The average Bonchev–Trinajstić information content (AvgIpc) is 2.96. The molecule has 7 heteroatoms. The normalized spacial score (nSPS) is 10.7. The second-order valence-electron chi connectivity index (χ2n) is 9.11. The third-order valence-electron chi connectivity index (χ3n) is 5.79. The Bertz CT molecular complexity index is 1410. The minimum atomic E-state index is -0.728. The Kier molecular flexibility index (Phi) is 10.7. The van der Waals surface area contributed by atoms with E-state index in [1.165, 1.54) is 24.6 Å². The fourth-order valence-corrected chi connectivity index (χ4v) is 3.48. The lowest BCUT2D eigenvalue weighted by molar-refractivity contribution is -0.132. The molecule has 0 saturated heterocycles. The summed E-state index contributed by atoms with van der Waals surface area (Å²) in [5.41, 5.74) is 3.59. The van der Waals surface area contributed by atoms with Crippen LogP contribution in [0, 0.1) is 0 Å². The van der Waals surface area contributed by atoms with Crippen molar-refractivity contribution in [3.05, 3.63) is 108 Å². The van der Waals surface area contributed by atoms with Crippen LogP contribution in [0.4, 0.5) is 0 Å². The van der Waals surface area contributed by atoms with Crippen molar-refractivity contribution in [2.45, 2.75) is 33.1 Å². The Hall–Kier alpha value is -4.75. The Morgan fingerprint density at radius 1 is 0.825 bits per heavy atom. The minimum Gasteiger partial charge on any atom is -0.423 e. The van der Waals surface area contributed by atoms with E-state index in [2.05, 4.69) is 20.1 Å². The zero-order valence-electron chi connectivity index (χ0n) is 22.6. The maximum atomic E-state index is 12.7. The lowest BCUT2D eigenvalue weighted by Gasteiger charge is -2.12. The van der Waals surface area contributed by atoms with E-state index in [9.17, 15) is 14.4 Å². The first-order valence-electron chi connectivity index (χ1n) is 12.8. The van der Waals surface area contributed by atoms with Crippen molar-refractivity contribution in [3.8, 4) is 28.4 Å². The highest BCUT2D eigenvalue weighted by Crippen LogP contribution is 2.34. The van der Waals surface area contributed by atoms with Gasteiger partial charge in [0.25, 0.3) is 0 Å². The van der Waals surface area contributed by atoms with Gasteiger partial charge < -0.3 is 19.3 Å². The average molecular weight is 541 g/mol. The Morgan fingerprint density at radius 3 is 2.12 bits per heavy atom. The van der Waals surface area contributed by atoms with Gasteiger partial charge in [0.2, 0.25) is 0 Å². The summed E-state index contributed by atoms with van der Waals surface area (Å²) in [5.74, 6) is -1.65. The molecular formula is C33H32O7. The van der Waals surface area contributed by atoms with Crippen LogP contribution in [0.3, 0.4) is 0 Å². The van der Waals surface area contributed by atoms with E-state index in [1.54, 1.807) is 42.5 Å². The summed E-state index contributed by atoms with van der Waals surface area (Å²) in [6.07, 6.45) is 6.22. The highest BCUT2D eigenvalue weighted by atomic mass is 16.6. The first-order valence-corrected chi connectivity index (χ1v) is 12.8. The van der Waals surface area contributed by atoms with Gasteiger partial charge in [0.1, 0.15) is 5.75 Å². The molecule has 0 bridgehead atoms. The lowest BCUT2D eigenvalue weighted by Crippen LogP contribution is -2.12. The maximum Gasteiger partial charge on any atom is 0.341 e. The molecule has 0 fully saturated rings. The monoisotopic (exact) mass is 540 g/mol. The molecule has 206 valence electrons. The van der Waals surface area contributed by atoms with Crippen LogP contribution < -0.4 is 14.2 Å². The molecule has 0 saturated carbocycles. The molecule has 1 N–H and O–H groups in total. The predicted molar refractivity (Wildman–Crippen MR) is 154 cm³/mol. The largest absolute Gasteiger partial charge is 0.423 e. The number of aryl methyl sites for hydroxylation is 1. The van der Waals surface area contributed by atoms with Crippen LogP contribution in [0.2, 0.25) is 0 Å². The number of ether oxygens (including phenoxy) is 3. The van der Waals surface area contributed by atoms with Crippen LogP contribution in [0.1, 0.15) is 37.8 Å². The van der Waals surface area contributed by atoms with E-state index in [1.807, 2.05) is 24.3 Å². The van der Waals surface area contributed by atoms with Gasteiger partial charge in [-0.1, -0.05) is 69.0 Å². The highest BCUT2D eigenvalue weighted by molar-refractivity contribution is 5.91. The number of hydrogen-bond acceptors (Lipinski definition) is 7. The second kappa shape index (κ2) is 14.4. The van der Waals surface area contributed by atoms with Crippen LogP contribution in [0.15, 0.2) is 97.1 Å². The van der Waals surface area contributed by atoms with Crippen LogP contribution >= 0.6 is 0 Å². The summed E-state index contributed by atoms with van der Waals surface area (Å²) in [5, 5.41) is 9.02. The predicted octanol–water partition coefficient (Wildman–Crippen LogP) is 6.25. The Balaban J connectivity index is 1.80. The molecule has 0 amide bonds. The summed E-state index contributed by atoms with van der Waals surface area (Å²) in [4.78, 5) is 36.7. The second-order valence-corrected chi connectivity index (χ2v) is 9.11. The first kappa shape index (κ1) is 29.8. The molecule has 0 radical (unpaired) electrons. The van der Waals surface area contributed by atoms with Crippen LogP contribution in [-0.2, 0) is 20.8 Å². The number of aliphatic hydroxyl groups excluding tert-OH is 1. The van der Waals surface area contributed by atoms with E-state index in [0.29, 0.717) is 5.56 Å². The van der Waals surface area contributed by atoms with Crippen molar-refractivity contribution in [3.63, 3.8) is 0 Å². The molecule has 3 aromatic rings. The van der Waals surface area contributed by atoms with Crippen molar-refractivity contribution in [2.75, 3.05) is 6.61 Å². The summed E-state index contributed by atoms with van der Waals surface area (Å²) in [7, 11) is 0. The zero-order chi connectivity index (χ0) is 29.1. The highest BCUT2D eigenvalue weighted by Gasteiger charge is 2.16. The van der Waals surface area contributed by atoms with Gasteiger partial charge >= 0.3 is 17.9 Å². The molecule has 0 spiro atoms. The molecule has 0 atom stereocenters. The number of carbonyl (C=O) groups is 3. The van der Waals surface area contributed by atoms with Gasteiger partial charge in [-0.05, 0) is 72.4 Å². The molecule has 0 aliphatic heterocycles. The number of aliphatic hydroxyl groups is 1. The summed E-state index contributed by atoms with van der Waals surface area (Å²) in [6.45, 7) is 10.2. The number of benzene rings is 3. The third kappa shape index (κ3) is 8.64. The summed E-state index contributed by atoms with van der Waals surface area (Å²) in [6, 6.07) is 19.3. The zero-order valence-corrected chi connectivity index (χ0v) is 22.6. The van der Waals surface area contributed by atoms with Gasteiger partial charge in [-0.25, -0.2) is 14.4 Å². The van der Waals surface area contributed by atoms with Gasteiger partial charge in [0, 0.05) is 11.6 Å². The molecule has 0 aromatic heterocycles. The van der Waals surface area contributed by atoms with Crippen molar-refractivity contribution < 1.29 is 33.7 Å². The molecule has 0 heterocycles. The lowest BCUT2D eigenvalue weighted by atomic mass is 10.0. The fraction of sp³-hybridized carbons (Fsp3) is 0.182. The summed E-state index contributed by atoms with van der Waals surface area (Å²) >= 11 is 0. The van der Waals surface area contributed by atoms with E-state index in [-0.39, 0.29) is 28.4 Å². The smallest absolute Gasteiger partial charge is 0.341 e. The van der Waals surface area contributed by atoms with Crippen LogP contribution in [0.5, 0.6) is 17.2 Å². The quantitative estimate of drug-likeness (QED) is 0.165. The molecule has 7 nitrogen and oxygen atoms in total. The van der Waals surface area contributed by atoms with Crippen molar-refractivity contribution >= 4 is 24.0 Å². The standard InChI is InChI=1S/C33H32O7/c1-5-6-7-24-8-10-25(11-9-24)12-19-31(35)39-30-20-27(15-18-29(30)40-32(36)22(2)3)26-13-16-28(17-14-26)38-33(37)23(4)21-34/h8-20,34H,2,4-7,21H2,1,3H3/b19-12+. The number of carbonyl (C=O) groups excluding carboxylic acids is 3. The van der Waals surface area contributed by atoms with Crippen molar-refractivity contribution in [1.82, 2.24) is 0 Å². The molecule has 0 aliphatic carbocycles. The first-order chi connectivity index (χ1) is 19.2. The van der Waals surface area contributed by atoms with Gasteiger partial charge in [0.15, 0.2) is 11.5 Å². The fourth-order valence-electron chi connectivity index (χ4n) is 3.48. The van der Waals surface area contributed by atoms with Crippen molar-refractivity contribution in [2.24, 2.45) is 0 Å². The van der Waals surface area contributed by atoms with Crippen LogP contribution in [-0.4, -0.2) is 29.6 Å². The van der Waals surface area contributed by atoms with Gasteiger partial charge in [-0.3, -0.25) is 0 Å². The van der Waals surface area contributed by atoms with Gasteiger partial charge in [0.05, 0.1) is 12.2 Å². The molecule has 3 rings (SSSR count). The van der Waals surface area contributed by atoms with E-state index in [0.717, 1.165) is 30.4 Å². The molecule has 40 heavy (non-hydrogen) atoms. The van der Waals surface area contributed by atoms with E-state index < -0.39 is 24.5 Å². The van der Waals surface area contributed by atoms with Crippen molar-refractivity contribution in [1.29, 1.82) is 0 Å². The SMILES string of the molecule is C=C(C)C(=O)Oc1ccc(-c2ccc(OC(=O)C(=C)CO)cc2)cc1OC(=O)/C=C/c1ccc(CCCC)cc1. The van der Waals surface area contributed by atoms with E-state index in [4.69, 9.17) is 19.3 Å². The number of hydrogen-bond donors (Lipinski definition) is 1. The van der Waals surface area contributed by atoms with Crippen LogP contribution in [0.25, 0.3) is 17.2 Å². The Morgan fingerprint density at radius 2 is 1.50 bits per heavy atom. The van der Waals surface area contributed by atoms with E-state index >= 15 is 0 Å². The molecular weight excluding hydrogens is 508 g/mol.